The highest BCUT2D eigenvalue weighted by atomic mass is 16.5. The number of hydrogen-bond acceptors (Lipinski definition) is 3. The zero-order valence-electron chi connectivity index (χ0n) is 16.3. The summed E-state index contributed by atoms with van der Waals surface area (Å²) in [5, 5.41) is 3.60. The predicted octanol–water partition coefficient (Wildman–Crippen LogP) is 4.33. The van der Waals surface area contributed by atoms with Gasteiger partial charge in [-0.15, -0.1) is 12.3 Å². The lowest BCUT2D eigenvalue weighted by Crippen LogP contribution is -2.53. The molecule has 3 heteroatoms. The molecule has 0 aliphatic carbocycles. The minimum absolute atomic E-state index is 0.294. The number of anilines is 1. The summed E-state index contributed by atoms with van der Waals surface area (Å²) in [5.74, 6) is 4.31. The van der Waals surface area contributed by atoms with Crippen LogP contribution in [0.3, 0.4) is 0 Å². The Morgan fingerprint density at radius 1 is 1.32 bits per heavy atom. The van der Waals surface area contributed by atoms with Gasteiger partial charge in [0.05, 0.1) is 6.61 Å². The van der Waals surface area contributed by atoms with E-state index in [2.05, 4.69) is 61.2 Å². The van der Waals surface area contributed by atoms with Gasteiger partial charge in [-0.2, -0.15) is 0 Å². The van der Waals surface area contributed by atoms with Crippen LogP contribution in [0.25, 0.3) is 0 Å². The van der Waals surface area contributed by atoms with Crippen LogP contribution in [0.2, 0.25) is 0 Å². The molecule has 0 bridgehead atoms. The molecule has 1 heterocycles. The number of nitrogens with zero attached hydrogens (tertiary/aromatic N) is 1. The molecule has 1 aliphatic rings. The number of piperidine rings is 1. The van der Waals surface area contributed by atoms with E-state index in [0.29, 0.717) is 24.0 Å². The Kier molecular flexibility index (Phi) is 7.20. The van der Waals surface area contributed by atoms with Crippen LogP contribution in [0, 0.1) is 23.7 Å². The van der Waals surface area contributed by atoms with Gasteiger partial charge in [0.15, 0.2) is 0 Å². The van der Waals surface area contributed by atoms with Crippen LogP contribution >= 0.6 is 0 Å². The number of benzene rings is 1. The first-order valence-corrected chi connectivity index (χ1v) is 9.61. The molecular weight excluding hydrogens is 308 g/mol. The lowest BCUT2D eigenvalue weighted by atomic mass is 9.72. The summed E-state index contributed by atoms with van der Waals surface area (Å²) >= 11 is 0. The standard InChI is InChI=1S/C22H34N2O/c1-6-8-9-14-23-16-19-15-22(4,5)18(3)24(17-19)20-10-12-21(13-11-20)25-7-2/h1,10-13,18-19,23H,7-9,14-17H2,2-5H3. The highest BCUT2D eigenvalue weighted by Crippen LogP contribution is 2.40. The minimum Gasteiger partial charge on any atom is -0.494 e. The number of hydrogen-bond donors (Lipinski definition) is 1. The van der Waals surface area contributed by atoms with Gasteiger partial charge in [-0.05, 0) is 75.4 Å². The zero-order chi connectivity index (χ0) is 18.3. The van der Waals surface area contributed by atoms with Gasteiger partial charge >= 0.3 is 0 Å². The van der Waals surface area contributed by atoms with Crippen LogP contribution in [0.1, 0.15) is 47.0 Å². The van der Waals surface area contributed by atoms with Crippen LogP contribution in [0.15, 0.2) is 24.3 Å². The topological polar surface area (TPSA) is 24.5 Å². The average molecular weight is 343 g/mol. The van der Waals surface area contributed by atoms with E-state index < -0.39 is 0 Å². The van der Waals surface area contributed by atoms with Crippen LogP contribution in [0.5, 0.6) is 5.75 Å². The van der Waals surface area contributed by atoms with Gasteiger partial charge in [-0.1, -0.05) is 13.8 Å². The zero-order valence-corrected chi connectivity index (χ0v) is 16.3. The molecule has 0 radical (unpaired) electrons. The lowest BCUT2D eigenvalue weighted by molar-refractivity contribution is 0.171. The van der Waals surface area contributed by atoms with Crippen LogP contribution in [-0.2, 0) is 0 Å². The summed E-state index contributed by atoms with van der Waals surface area (Å²) in [6.45, 7) is 13.0. The Balaban J connectivity index is 2.01. The number of unbranched alkanes of at least 4 members (excludes halogenated alkanes) is 1. The molecule has 138 valence electrons. The highest BCUT2D eigenvalue weighted by Gasteiger charge is 2.38. The molecule has 0 saturated carbocycles. The van der Waals surface area contributed by atoms with E-state index in [1.54, 1.807) is 0 Å². The second-order valence-corrected chi connectivity index (χ2v) is 7.83. The smallest absolute Gasteiger partial charge is 0.119 e. The third-order valence-electron chi connectivity index (χ3n) is 5.46. The van der Waals surface area contributed by atoms with Gasteiger partial charge in [-0.25, -0.2) is 0 Å². The van der Waals surface area contributed by atoms with Crippen molar-refractivity contribution in [3.8, 4) is 18.1 Å². The van der Waals surface area contributed by atoms with Crippen molar-refractivity contribution in [1.82, 2.24) is 5.32 Å². The maximum Gasteiger partial charge on any atom is 0.119 e. The predicted molar refractivity (Wildman–Crippen MR) is 107 cm³/mol. The summed E-state index contributed by atoms with van der Waals surface area (Å²) in [5.41, 5.74) is 1.59. The molecule has 1 fully saturated rings. The lowest BCUT2D eigenvalue weighted by Gasteiger charge is -2.49. The highest BCUT2D eigenvalue weighted by molar-refractivity contribution is 5.51. The quantitative estimate of drug-likeness (QED) is 0.562. The number of rotatable bonds is 8. The van der Waals surface area contributed by atoms with Crippen molar-refractivity contribution >= 4 is 5.69 Å². The molecule has 2 unspecified atom stereocenters. The summed E-state index contributed by atoms with van der Waals surface area (Å²) < 4.78 is 5.58. The first-order chi connectivity index (χ1) is 12.0. The minimum atomic E-state index is 0.294. The normalized spacial score (nSPS) is 22.4. The fraction of sp³-hybridized carbons (Fsp3) is 0.636. The molecular formula is C22H34N2O. The molecule has 1 aliphatic heterocycles. The van der Waals surface area contributed by atoms with E-state index in [1.807, 2.05) is 6.92 Å². The molecule has 25 heavy (non-hydrogen) atoms. The molecule has 0 aromatic heterocycles. The van der Waals surface area contributed by atoms with Gasteiger partial charge in [-0.3, -0.25) is 0 Å². The maximum atomic E-state index is 5.58. The first-order valence-electron chi connectivity index (χ1n) is 9.61. The van der Waals surface area contributed by atoms with E-state index >= 15 is 0 Å². The Hall–Kier alpha value is -1.66. The Bertz CT molecular complexity index is 558. The second kappa shape index (κ2) is 9.15. The fourth-order valence-electron chi connectivity index (χ4n) is 3.83. The molecule has 1 aromatic rings. The number of terminal acetylenes is 1. The van der Waals surface area contributed by atoms with Crippen LogP contribution in [-0.4, -0.2) is 32.3 Å². The molecule has 0 spiro atoms. The molecule has 1 aromatic carbocycles. The molecule has 2 rings (SSSR count). The van der Waals surface area contributed by atoms with Crippen molar-refractivity contribution in [3.63, 3.8) is 0 Å². The molecule has 0 amide bonds. The summed E-state index contributed by atoms with van der Waals surface area (Å²) in [4.78, 5) is 2.56. The van der Waals surface area contributed by atoms with Gasteiger partial charge in [0.1, 0.15) is 5.75 Å². The van der Waals surface area contributed by atoms with Crippen LogP contribution < -0.4 is 15.0 Å². The molecule has 1 saturated heterocycles. The largest absolute Gasteiger partial charge is 0.494 e. The van der Waals surface area contributed by atoms with Crippen molar-refractivity contribution in [2.45, 2.75) is 53.0 Å². The second-order valence-electron chi connectivity index (χ2n) is 7.83. The van der Waals surface area contributed by atoms with Gasteiger partial charge < -0.3 is 15.0 Å². The molecule has 2 atom stereocenters. The van der Waals surface area contributed by atoms with Crippen LogP contribution in [0.4, 0.5) is 5.69 Å². The number of nitrogens with one attached hydrogen (secondary N) is 1. The first kappa shape index (κ1) is 19.7. The van der Waals surface area contributed by atoms with E-state index in [0.717, 1.165) is 38.2 Å². The Morgan fingerprint density at radius 3 is 2.68 bits per heavy atom. The van der Waals surface area contributed by atoms with Gasteiger partial charge in [0.25, 0.3) is 0 Å². The van der Waals surface area contributed by atoms with E-state index in [9.17, 15) is 0 Å². The number of ether oxygens (including phenoxy) is 1. The van der Waals surface area contributed by atoms with Crippen molar-refractivity contribution in [2.24, 2.45) is 11.3 Å². The van der Waals surface area contributed by atoms with Crippen molar-refractivity contribution < 1.29 is 4.74 Å². The fourth-order valence-corrected chi connectivity index (χ4v) is 3.83. The van der Waals surface area contributed by atoms with E-state index in [1.165, 1.54) is 12.1 Å². The maximum absolute atomic E-state index is 5.58. The molecule has 3 nitrogen and oxygen atoms in total. The van der Waals surface area contributed by atoms with Gasteiger partial charge in [0.2, 0.25) is 0 Å². The summed E-state index contributed by atoms with van der Waals surface area (Å²) in [6, 6.07) is 9.07. The molecule has 1 N–H and O–H groups in total. The van der Waals surface area contributed by atoms with Crippen molar-refractivity contribution in [2.75, 3.05) is 31.1 Å². The Labute approximate surface area is 154 Å². The van der Waals surface area contributed by atoms with Crippen molar-refractivity contribution in [1.29, 1.82) is 0 Å². The van der Waals surface area contributed by atoms with E-state index in [4.69, 9.17) is 11.2 Å². The summed E-state index contributed by atoms with van der Waals surface area (Å²) in [6.07, 6.45) is 8.50. The monoisotopic (exact) mass is 342 g/mol. The third-order valence-corrected chi connectivity index (χ3v) is 5.46. The van der Waals surface area contributed by atoms with Crippen molar-refractivity contribution in [3.05, 3.63) is 24.3 Å². The Morgan fingerprint density at radius 2 is 2.04 bits per heavy atom. The van der Waals surface area contributed by atoms with E-state index in [-0.39, 0.29) is 0 Å². The SMILES string of the molecule is C#CCCCNCC1CN(c2ccc(OCC)cc2)C(C)C(C)(C)C1. The third kappa shape index (κ3) is 5.41. The van der Waals surface area contributed by atoms with Gasteiger partial charge in [0, 0.05) is 24.7 Å². The average Bonchev–Trinajstić information content (AvgIpc) is 2.58. The summed E-state index contributed by atoms with van der Waals surface area (Å²) in [7, 11) is 0.